The van der Waals surface area contributed by atoms with Gasteiger partial charge in [-0.15, -0.1) is 5.10 Å². The number of hydrogen-bond acceptors (Lipinski definition) is 3. The molecule has 0 spiro atoms. The van der Waals surface area contributed by atoms with Crippen LogP contribution in [0.5, 0.6) is 0 Å². The number of benzene rings is 1. The molecule has 8 heteroatoms. The highest BCUT2D eigenvalue weighted by Crippen LogP contribution is 2.48. The van der Waals surface area contributed by atoms with E-state index in [1.165, 1.54) is 12.1 Å². The van der Waals surface area contributed by atoms with Gasteiger partial charge < -0.3 is 10.0 Å². The summed E-state index contributed by atoms with van der Waals surface area (Å²) >= 11 is 0. The number of aliphatic carboxylic acids is 1. The molecule has 7 nitrogen and oxygen atoms in total. The van der Waals surface area contributed by atoms with Crippen LogP contribution in [-0.4, -0.2) is 44.9 Å². The molecule has 27 heavy (non-hydrogen) atoms. The van der Waals surface area contributed by atoms with Crippen LogP contribution in [0.25, 0.3) is 5.69 Å². The summed E-state index contributed by atoms with van der Waals surface area (Å²) in [6, 6.07) is 7.39. The van der Waals surface area contributed by atoms with Gasteiger partial charge in [-0.05, 0) is 43.9 Å². The van der Waals surface area contributed by atoms with Crippen molar-refractivity contribution < 1.29 is 19.1 Å². The molecule has 1 aliphatic carbocycles. The quantitative estimate of drug-likeness (QED) is 0.867. The summed E-state index contributed by atoms with van der Waals surface area (Å²) in [6.45, 7) is 2.48. The molecule has 142 valence electrons. The Kier molecular flexibility index (Phi) is 4.13. The van der Waals surface area contributed by atoms with Crippen LogP contribution in [0.3, 0.4) is 0 Å². The number of carbonyl (C=O) groups excluding carboxylic acids is 1. The molecule has 2 fully saturated rings. The summed E-state index contributed by atoms with van der Waals surface area (Å²) in [5, 5.41) is 16.7. The Morgan fingerprint density at radius 3 is 2.89 bits per heavy atom. The zero-order valence-electron chi connectivity index (χ0n) is 15.0. The van der Waals surface area contributed by atoms with Crippen LogP contribution in [0.15, 0.2) is 30.3 Å². The van der Waals surface area contributed by atoms with Gasteiger partial charge in [0.05, 0.1) is 11.1 Å². The fraction of sp³-hybridized carbons (Fsp3) is 0.421. The first-order chi connectivity index (χ1) is 12.9. The van der Waals surface area contributed by atoms with E-state index in [1.807, 2.05) is 6.92 Å². The average Bonchev–Trinajstić information content (AvgIpc) is 3.27. The molecule has 0 unspecified atom stereocenters. The molecule has 2 atom stereocenters. The number of halogens is 1. The van der Waals surface area contributed by atoms with Crippen molar-refractivity contribution in [1.82, 2.24) is 14.7 Å². The number of anilines is 1. The molecule has 2 amide bonds. The predicted octanol–water partition coefficient (Wildman–Crippen LogP) is 3.04. The van der Waals surface area contributed by atoms with E-state index in [0.717, 1.165) is 18.5 Å². The Labute approximate surface area is 155 Å². The summed E-state index contributed by atoms with van der Waals surface area (Å²) in [5.41, 5.74) is 0.499. The number of amides is 2. The molecule has 0 bridgehead atoms. The number of rotatable bonds is 3. The van der Waals surface area contributed by atoms with E-state index in [0.29, 0.717) is 24.5 Å². The van der Waals surface area contributed by atoms with Gasteiger partial charge in [-0.3, -0.25) is 10.1 Å². The fourth-order valence-corrected chi connectivity index (χ4v) is 4.39. The molecule has 0 radical (unpaired) electrons. The van der Waals surface area contributed by atoms with Crippen molar-refractivity contribution in [2.45, 2.75) is 26.2 Å². The van der Waals surface area contributed by atoms with E-state index in [9.17, 15) is 19.1 Å². The van der Waals surface area contributed by atoms with Crippen molar-refractivity contribution >= 4 is 17.8 Å². The Bertz CT molecular complexity index is 912. The lowest BCUT2D eigenvalue weighted by Gasteiger charge is -2.23. The maximum atomic E-state index is 13.5. The Balaban J connectivity index is 1.50. The average molecular weight is 372 g/mol. The van der Waals surface area contributed by atoms with Crippen molar-refractivity contribution in [2.75, 3.05) is 18.4 Å². The molecule has 1 aromatic heterocycles. The maximum Gasteiger partial charge on any atom is 0.323 e. The molecule has 1 aliphatic heterocycles. The Hall–Kier alpha value is -2.90. The van der Waals surface area contributed by atoms with E-state index in [-0.39, 0.29) is 24.3 Å². The largest absolute Gasteiger partial charge is 0.481 e. The van der Waals surface area contributed by atoms with E-state index < -0.39 is 11.4 Å². The van der Waals surface area contributed by atoms with Crippen molar-refractivity contribution in [3.8, 4) is 5.69 Å². The number of carboxylic acid groups (broad SMARTS) is 1. The molecule has 2 heterocycles. The number of aryl methyl sites for hydroxylation is 1. The minimum absolute atomic E-state index is 0.00679. The maximum absolute atomic E-state index is 13.5. The molecule has 4 rings (SSSR count). The lowest BCUT2D eigenvalue weighted by Crippen LogP contribution is -2.38. The van der Waals surface area contributed by atoms with E-state index in [1.54, 1.807) is 27.8 Å². The highest BCUT2D eigenvalue weighted by molar-refractivity contribution is 5.90. The van der Waals surface area contributed by atoms with Crippen molar-refractivity contribution in [3.63, 3.8) is 0 Å². The number of fused-ring (bicyclic) bond motifs is 1. The Morgan fingerprint density at radius 2 is 2.19 bits per heavy atom. The number of carboxylic acids is 1. The second-order valence-corrected chi connectivity index (χ2v) is 7.42. The molecule has 1 aromatic carbocycles. The number of nitrogens with zero attached hydrogens (tertiary/aromatic N) is 3. The summed E-state index contributed by atoms with van der Waals surface area (Å²) in [4.78, 5) is 26.0. The first kappa shape index (κ1) is 17.5. The van der Waals surface area contributed by atoms with Crippen molar-refractivity contribution in [2.24, 2.45) is 11.3 Å². The molecule has 2 aliphatic rings. The first-order valence-corrected chi connectivity index (χ1v) is 9.01. The van der Waals surface area contributed by atoms with Gasteiger partial charge in [-0.1, -0.05) is 12.5 Å². The van der Waals surface area contributed by atoms with Gasteiger partial charge in [-0.2, -0.15) is 0 Å². The molecular formula is C19H21FN4O3. The molecule has 1 saturated carbocycles. The van der Waals surface area contributed by atoms with E-state index in [4.69, 9.17) is 0 Å². The van der Waals surface area contributed by atoms with Crippen molar-refractivity contribution in [1.29, 1.82) is 0 Å². The minimum Gasteiger partial charge on any atom is -0.481 e. The third-order valence-corrected chi connectivity index (χ3v) is 5.76. The highest BCUT2D eigenvalue weighted by Gasteiger charge is 2.55. The lowest BCUT2D eigenvalue weighted by atomic mass is 9.81. The van der Waals surface area contributed by atoms with Gasteiger partial charge in [0.25, 0.3) is 0 Å². The highest BCUT2D eigenvalue weighted by atomic mass is 19.1. The van der Waals surface area contributed by atoms with Crippen LogP contribution in [0, 0.1) is 24.1 Å². The predicted molar refractivity (Wildman–Crippen MR) is 96.3 cm³/mol. The summed E-state index contributed by atoms with van der Waals surface area (Å²) in [7, 11) is 0. The van der Waals surface area contributed by atoms with Crippen LogP contribution < -0.4 is 5.32 Å². The van der Waals surface area contributed by atoms with Gasteiger partial charge in [0.15, 0.2) is 5.82 Å². The topological polar surface area (TPSA) is 87.5 Å². The smallest absolute Gasteiger partial charge is 0.323 e. The van der Waals surface area contributed by atoms with Crippen LogP contribution in [0.4, 0.5) is 15.0 Å². The third kappa shape index (κ3) is 2.94. The number of urea groups is 1. The zero-order chi connectivity index (χ0) is 19.2. The van der Waals surface area contributed by atoms with Gasteiger partial charge >= 0.3 is 12.0 Å². The van der Waals surface area contributed by atoms with Crippen molar-refractivity contribution in [3.05, 3.63) is 41.8 Å². The van der Waals surface area contributed by atoms with Crippen LogP contribution in [-0.2, 0) is 4.79 Å². The zero-order valence-corrected chi connectivity index (χ0v) is 15.0. The monoisotopic (exact) mass is 372 g/mol. The standard InChI is InChI=1S/C19H21FN4O3/c1-12-8-16(22-24(12)15-6-2-5-14(20)9-15)21-18(27)23-10-13-4-3-7-19(13,11-23)17(25)26/h2,5-6,8-9,13H,3-4,7,10-11H2,1H3,(H,25,26)(H,21,22,27)/t13-,19+/m0/s1. The minimum atomic E-state index is -0.813. The van der Waals surface area contributed by atoms with Crippen LogP contribution >= 0.6 is 0 Å². The van der Waals surface area contributed by atoms with E-state index >= 15 is 0 Å². The van der Waals surface area contributed by atoms with Gasteiger partial charge in [0.2, 0.25) is 0 Å². The van der Waals surface area contributed by atoms with Crippen LogP contribution in [0.1, 0.15) is 25.0 Å². The number of hydrogen-bond donors (Lipinski definition) is 2. The van der Waals surface area contributed by atoms with Gasteiger partial charge in [-0.25, -0.2) is 13.9 Å². The normalized spacial score (nSPS) is 24.1. The number of likely N-dealkylation sites (tertiary alicyclic amines) is 1. The summed E-state index contributed by atoms with van der Waals surface area (Å²) in [6.07, 6.45) is 2.34. The lowest BCUT2D eigenvalue weighted by molar-refractivity contribution is -0.149. The number of carbonyl (C=O) groups is 2. The van der Waals surface area contributed by atoms with Crippen LogP contribution in [0.2, 0.25) is 0 Å². The summed E-state index contributed by atoms with van der Waals surface area (Å²) < 4.78 is 15.0. The Morgan fingerprint density at radius 1 is 1.37 bits per heavy atom. The van der Waals surface area contributed by atoms with E-state index in [2.05, 4.69) is 10.4 Å². The molecular weight excluding hydrogens is 351 g/mol. The fourth-order valence-electron chi connectivity index (χ4n) is 4.39. The van der Waals surface area contributed by atoms with Gasteiger partial charge in [0, 0.05) is 24.8 Å². The van der Waals surface area contributed by atoms with Gasteiger partial charge in [0.1, 0.15) is 5.82 Å². The second-order valence-electron chi connectivity index (χ2n) is 7.42. The molecule has 1 saturated heterocycles. The molecule has 2 N–H and O–H groups in total. The number of nitrogens with one attached hydrogen (secondary N) is 1. The summed E-state index contributed by atoms with van der Waals surface area (Å²) in [5.74, 6) is -0.822. The second kappa shape index (κ2) is 6.37. The SMILES string of the molecule is Cc1cc(NC(=O)N2C[C@@H]3CCC[C@@]3(C(=O)O)C2)nn1-c1cccc(F)c1. The molecule has 2 aromatic rings. The third-order valence-electron chi connectivity index (χ3n) is 5.76. The first-order valence-electron chi connectivity index (χ1n) is 9.01. The number of aromatic nitrogens is 2.